The number of hydrogen-bond donors (Lipinski definition) is 0. The molecule has 0 saturated carbocycles. The van der Waals surface area contributed by atoms with E-state index in [-0.39, 0.29) is 11.8 Å². The van der Waals surface area contributed by atoms with Gasteiger partial charge in [-0.15, -0.1) is 0 Å². The van der Waals surface area contributed by atoms with E-state index in [9.17, 15) is 4.79 Å². The molecule has 4 heteroatoms. The Morgan fingerprint density at radius 1 is 0.967 bits per heavy atom. The van der Waals surface area contributed by atoms with Crippen LogP contribution in [0.1, 0.15) is 47.7 Å². The van der Waals surface area contributed by atoms with Gasteiger partial charge in [-0.1, -0.05) is 60.7 Å². The Kier molecular flexibility index (Phi) is 6.32. The van der Waals surface area contributed by atoms with Crippen molar-refractivity contribution in [2.24, 2.45) is 5.92 Å². The zero-order chi connectivity index (χ0) is 20.9. The van der Waals surface area contributed by atoms with Gasteiger partial charge in [0.2, 0.25) is 5.91 Å². The van der Waals surface area contributed by atoms with E-state index < -0.39 is 0 Å². The average molecular weight is 402 g/mol. The fourth-order valence-electron chi connectivity index (χ4n) is 4.57. The van der Waals surface area contributed by atoms with Gasteiger partial charge in [0.25, 0.3) is 0 Å². The molecule has 3 aromatic rings. The summed E-state index contributed by atoms with van der Waals surface area (Å²) in [7, 11) is 0. The van der Waals surface area contributed by atoms with Gasteiger partial charge in [-0.05, 0) is 49.8 Å². The average Bonchev–Trinajstić information content (AvgIpc) is 3.10. The second kappa shape index (κ2) is 9.29. The van der Waals surface area contributed by atoms with Crippen LogP contribution in [-0.4, -0.2) is 33.7 Å². The first-order valence-corrected chi connectivity index (χ1v) is 11.0. The van der Waals surface area contributed by atoms with Crippen molar-refractivity contribution in [3.05, 3.63) is 89.2 Å². The van der Waals surface area contributed by atoms with Crippen LogP contribution in [-0.2, 0) is 11.3 Å². The van der Waals surface area contributed by atoms with E-state index in [1.165, 1.54) is 16.8 Å². The van der Waals surface area contributed by atoms with Gasteiger partial charge in [0.1, 0.15) is 0 Å². The smallest absolute Gasteiger partial charge is 0.223 e. The number of amides is 1. The van der Waals surface area contributed by atoms with Gasteiger partial charge in [0.05, 0.1) is 5.69 Å². The molecule has 156 valence electrons. The number of carbonyl (C=O) groups excluding carboxylic acids is 1. The molecule has 2 heterocycles. The molecule has 1 saturated heterocycles. The van der Waals surface area contributed by atoms with Crippen molar-refractivity contribution in [2.75, 3.05) is 13.1 Å². The highest BCUT2D eigenvalue weighted by atomic mass is 16.2. The first kappa shape index (κ1) is 20.4. The SMILES string of the molecule is Cc1cc(C)n(CC2CCN(C(=O)CC(c3ccccc3)c3ccccc3)CC2)n1. The Hall–Kier alpha value is -2.88. The highest BCUT2D eigenvalue weighted by molar-refractivity contribution is 5.78. The van der Waals surface area contributed by atoms with E-state index in [2.05, 4.69) is 76.2 Å². The normalized spacial score (nSPS) is 15.0. The van der Waals surface area contributed by atoms with Crippen LogP contribution in [0.5, 0.6) is 0 Å². The van der Waals surface area contributed by atoms with Crippen LogP contribution < -0.4 is 0 Å². The van der Waals surface area contributed by atoms with E-state index in [0.29, 0.717) is 12.3 Å². The Labute approximate surface area is 179 Å². The largest absolute Gasteiger partial charge is 0.343 e. The summed E-state index contributed by atoms with van der Waals surface area (Å²) in [5, 5.41) is 4.60. The molecule has 0 spiro atoms. The molecule has 2 aromatic carbocycles. The third-order valence-electron chi connectivity index (χ3n) is 6.28. The molecule has 0 aliphatic carbocycles. The van der Waals surface area contributed by atoms with E-state index in [0.717, 1.165) is 38.2 Å². The molecule has 0 N–H and O–H groups in total. The molecule has 0 unspecified atom stereocenters. The second-order valence-corrected chi connectivity index (χ2v) is 8.51. The molecule has 1 aliphatic rings. The standard InChI is InChI=1S/C26H31N3O/c1-20-17-21(2)29(27-20)19-22-13-15-28(16-14-22)26(30)18-25(23-9-5-3-6-10-23)24-11-7-4-8-12-24/h3-12,17,22,25H,13-16,18-19H2,1-2H3. The number of rotatable bonds is 6. The Balaban J connectivity index is 1.39. The summed E-state index contributed by atoms with van der Waals surface area (Å²) in [4.78, 5) is 15.3. The van der Waals surface area contributed by atoms with E-state index in [1.807, 2.05) is 19.1 Å². The van der Waals surface area contributed by atoms with Crippen LogP contribution in [0.3, 0.4) is 0 Å². The molecular weight excluding hydrogens is 370 g/mol. The molecule has 4 nitrogen and oxygen atoms in total. The van der Waals surface area contributed by atoms with E-state index >= 15 is 0 Å². The lowest BCUT2D eigenvalue weighted by atomic mass is 9.87. The van der Waals surface area contributed by atoms with E-state index in [4.69, 9.17) is 0 Å². The van der Waals surface area contributed by atoms with Gasteiger partial charge < -0.3 is 4.90 Å². The Bertz CT molecular complexity index is 917. The zero-order valence-corrected chi connectivity index (χ0v) is 18.0. The predicted octanol–water partition coefficient (Wildman–Crippen LogP) is 4.96. The van der Waals surface area contributed by atoms with Gasteiger partial charge in [0, 0.05) is 37.7 Å². The number of likely N-dealkylation sites (tertiary alicyclic amines) is 1. The number of hydrogen-bond acceptors (Lipinski definition) is 2. The van der Waals surface area contributed by atoms with Crippen molar-refractivity contribution in [3.63, 3.8) is 0 Å². The summed E-state index contributed by atoms with van der Waals surface area (Å²) in [6, 6.07) is 22.9. The summed E-state index contributed by atoms with van der Waals surface area (Å²) in [5.74, 6) is 0.954. The molecule has 1 amide bonds. The predicted molar refractivity (Wildman–Crippen MR) is 120 cm³/mol. The number of piperidine rings is 1. The highest BCUT2D eigenvalue weighted by Crippen LogP contribution is 2.29. The van der Waals surface area contributed by atoms with Crippen LogP contribution in [0.15, 0.2) is 66.7 Å². The maximum atomic E-state index is 13.2. The van der Waals surface area contributed by atoms with Gasteiger partial charge in [-0.25, -0.2) is 0 Å². The summed E-state index contributed by atoms with van der Waals surface area (Å²) in [5.41, 5.74) is 4.71. The topological polar surface area (TPSA) is 38.1 Å². The van der Waals surface area contributed by atoms with Crippen molar-refractivity contribution in [3.8, 4) is 0 Å². The summed E-state index contributed by atoms with van der Waals surface area (Å²) in [6.07, 6.45) is 2.62. The number of aryl methyl sites for hydroxylation is 2. The van der Waals surface area contributed by atoms with Crippen LogP contribution in [0, 0.1) is 19.8 Å². The molecule has 0 bridgehead atoms. The first-order valence-electron chi connectivity index (χ1n) is 11.0. The molecule has 1 aromatic heterocycles. The third kappa shape index (κ3) is 4.81. The third-order valence-corrected chi connectivity index (χ3v) is 6.28. The van der Waals surface area contributed by atoms with Crippen LogP contribution in [0.25, 0.3) is 0 Å². The van der Waals surface area contributed by atoms with Crippen molar-refractivity contribution in [1.82, 2.24) is 14.7 Å². The minimum Gasteiger partial charge on any atom is -0.343 e. The van der Waals surface area contributed by atoms with Gasteiger partial charge >= 0.3 is 0 Å². The lowest BCUT2D eigenvalue weighted by Gasteiger charge is -2.33. The lowest BCUT2D eigenvalue weighted by Crippen LogP contribution is -2.40. The lowest BCUT2D eigenvalue weighted by molar-refractivity contribution is -0.132. The Morgan fingerprint density at radius 3 is 2.03 bits per heavy atom. The van der Waals surface area contributed by atoms with Gasteiger partial charge in [0.15, 0.2) is 0 Å². The molecule has 0 radical (unpaired) electrons. The fourth-order valence-corrected chi connectivity index (χ4v) is 4.57. The summed E-state index contributed by atoms with van der Waals surface area (Å²) in [6.45, 7) is 6.81. The highest BCUT2D eigenvalue weighted by Gasteiger charge is 2.26. The molecule has 30 heavy (non-hydrogen) atoms. The summed E-state index contributed by atoms with van der Waals surface area (Å²) >= 11 is 0. The minimum absolute atomic E-state index is 0.104. The minimum atomic E-state index is 0.104. The van der Waals surface area contributed by atoms with Crippen molar-refractivity contribution in [2.45, 2.75) is 45.6 Å². The van der Waals surface area contributed by atoms with Crippen molar-refractivity contribution >= 4 is 5.91 Å². The quantitative estimate of drug-likeness (QED) is 0.585. The molecule has 1 aliphatic heterocycles. The van der Waals surface area contributed by atoms with Gasteiger partial charge in [-0.3, -0.25) is 9.48 Å². The molecular formula is C26H31N3O. The van der Waals surface area contributed by atoms with Crippen molar-refractivity contribution < 1.29 is 4.79 Å². The van der Waals surface area contributed by atoms with Crippen LogP contribution in [0.4, 0.5) is 0 Å². The zero-order valence-electron chi connectivity index (χ0n) is 18.0. The van der Waals surface area contributed by atoms with E-state index in [1.54, 1.807) is 0 Å². The second-order valence-electron chi connectivity index (χ2n) is 8.51. The number of nitrogens with zero attached hydrogens (tertiary/aromatic N) is 3. The molecule has 4 rings (SSSR count). The molecule has 1 fully saturated rings. The van der Waals surface area contributed by atoms with Crippen LogP contribution in [0.2, 0.25) is 0 Å². The Morgan fingerprint density at radius 2 is 1.53 bits per heavy atom. The first-order chi connectivity index (χ1) is 14.6. The maximum absolute atomic E-state index is 13.2. The maximum Gasteiger partial charge on any atom is 0.223 e. The summed E-state index contributed by atoms with van der Waals surface area (Å²) < 4.78 is 2.12. The number of carbonyl (C=O) groups is 1. The number of aromatic nitrogens is 2. The monoisotopic (exact) mass is 401 g/mol. The van der Waals surface area contributed by atoms with Crippen molar-refractivity contribution in [1.29, 1.82) is 0 Å². The number of benzene rings is 2. The molecule has 0 atom stereocenters. The fraction of sp³-hybridized carbons (Fsp3) is 0.385. The van der Waals surface area contributed by atoms with Crippen LogP contribution >= 0.6 is 0 Å². The van der Waals surface area contributed by atoms with Gasteiger partial charge in [-0.2, -0.15) is 5.10 Å².